The van der Waals surface area contributed by atoms with E-state index in [4.69, 9.17) is 23.2 Å². The largest absolute Gasteiger partial charge is 0.313 e. The van der Waals surface area contributed by atoms with Gasteiger partial charge >= 0.3 is 0 Å². The fourth-order valence-corrected chi connectivity index (χ4v) is 3.42. The highest BCUT2D eigenvalue weighted by molar-refractivity contribution is 6.42. The van der Waals surface area contributed by atoms with Crippen LogP contribution in [0.3, 0.4) is 0 Å². The maximum Gasteiger partial charge on any atom is 0.0595 e. The number of fused-ring (bicyclic) bond motifs is 1. The van der Waals surface area contributed by atoms with Crippen LogP contribution >= 0.6 is 35.6 Å². The van der Waals surface area contributed by atoms with Gasteiger partial charge < -0.3 is 5.32 Å². The predicted octanol–water partition coefficient (Wildman–Crippen LogP) is 5.41. The van der Waals surface area contributed by atoms with Crippen molar-refractivity contribution in [2.75, 3.05) is 7.05 Å². The van der Waals surface area contributed by atoms with Crippen LogP contribution in [0.15, 0.2) is 42.5 Å². The van der Waals surface area contributed by atoms with Gasteiger partial charge in [0.05, 0.1) is 10.0 Å². The molecule has 0 aliphatic heterocycles. The molecule has 0 fully saturated rings. The summed E-state index contributed by atoms with van der Waals surface area (Å²) in [6, 6.07) is 15.1. The zero-order valence-electron chi connectivity index (χ0n) is 11.8. The third-order valence-electron chi connectivity index (χ3n) is 4.18. The molecule has 0 bridgehead atoms. The van der Waals surface area contributed by atoms with Crippen LogP contribution in [0.25, 0.3) is 0 Å². The minimum atomic E-state index is 0. The Labute approximate surface area is 142 Å². The van der Waals surface area contributed by atoms with E-state index in [2.05, 4.69) is 35.6 Å². The van der Waals surface area contributed by atoms with E-state index in [1.807, 2.05) is 19.2 Å². The molecule has 0 saturated heterocycles. The second-order valence-corrected chi connectivity index (χ2v) is 6.16. The van der Waals surface area contributed by atoms with Crippen molar-refractivity contribution in [3.63, 3.8) is 0 Å². The minimum Gasteiger partial charge on any atom is -0.313 e. The smallest absolute Gasteiger partial charge is 0.0595 e. The van der Waals surface area contributed by atoms with Gasteiger partial charge in [-0.2, -0.15) is 0 Å². The molecule has 1 nitrogen and oxygen atoms in total. The van der Waals surface area contributed by atoms with E-state index in [1.54, 1.807) is 0 Å². The van der Waals surface area contributed by atoms with Gasteiger partial charge in [-0.1, -0.05) is 53.5 Å². The fourth-order valence-electron chi connectivity index (χ4n) is 3.11. The molecular weight excluding hydrogens is 325 g/mol. The van der Waals surface area contributed by atoms with Crippen molar-refractivity contribution in [2.45, 2.75) is 24.8 Å². The van der Waals surface area contributed by atoms with Gasteiger partial charge in [0.15, 0.2) is 0 Å². The molecular formula is C17H18Cl3N. The topological polar surface area (TPSA) is 12.0 Å². The minimum absolute atomic E-state index is 0. The van der Waals surface area contributed by atoms with Crippen LogP contribution in [-0.4, -0.2) is 7.05 Å². The Morgan fingerprint density at radius 3 is 2.52 bits per heavy atom. The molecule has 0 amide bonds. The van der Waals surface area contributed by atoms with Crippen molar-refractivity contribution in [1.29, 1.82) is 0 Å². The normalized spacial score (nSPS) is 20.5. The van der Waals surface area contributed by atoms with Gasteiger partial charge in [-0.25, -0.2) is 0 Å². The van der Waals surface area contributed by atoms with Crippen molar-refractivity contribution in [3.8, 4) is 0 Å². The van der Waals surface area contributed by atoms with E-state index in [1.165, 1.54) is 16.7 Å². The molecule has 112 valence electrons. The summed E-state index contributed by atoms with van der Waals surface area (Å²) >= 11 is 12.2. The number of hydrogen-bond acceptors (Lipinski definition) is 1. The van der Waals surface area contributed by atoms with Gasteiger partial charge in [0.25, 0.3) is 0 Å². The van der Waals surface area contributed by atoms with Crippen LogP contribution in [0.1, 0.15) is 35.1 Å². The summed E-state index contributed by atoms with van der Waals surface area (Å²) in [4.78, 5) is 0. The Bertz CT molecular complexity index is 627. The molecule has 0 saturated carbocycles. The third kappa shape index (κ3) is 3.37. The quantitative estimate of drug-likeness (QED) is 0.770. The van der Waals surface area contributed by atoms with Gasteiger partial charge in [0.2, 0.25) is 0 Å². The Hall–Kier alpha value is -0.730. The Morgan fingerprint density at radius 1 is 1.05 bits per heavy atom. The summed E-state index contributed by atoms with van der Waals surface area (Å²) in [5.41, 5.74) is 4.12. The van der Waals surface area contributed by atoms with Crippen LogP contribution in [0.2, 0.25) is 10.0 Å². The average Bonchev–Trinajstić information content (AvgIpc) is 2.49. The molecule has 2 atom stereocenters. The molecule has 0 radical (unpaired) electrons. The standard InChI is InChI=1S/C17H17Cl2N.ClH/c1-20-17-10-13(8-12-4-2-3-5-14(12)17)11-6-7-15(18)16(19)9-11;/h2-7,9,13,17,20H,8,10H2,1H3;1H/t13-,17-;/m0./s1. The molecule has 0 unspecified atom stereocenters. The zero-order valence-corrected chi connectivity index (χ0v) is 14.1. The summed E-state index contributed by atoms with van der Waals surface area (Å²) in [5, 5.41) is 4.69. The SMILES string of the molecule is CN[C@H]1C[C@@H](c2ccc(Cl)c(Cl)c2)Cc2ccccc21.Cl. The van der Waals surface area contributed by atoms with Crippen molar-refractivity contribution < 1.29 is 0 Å². The Kier molecular flexibility index (Phi) is 5.56. The fraction of sp³-hybridized carbons (Fsp3) is 0.294. The molecule has 4 heteroatoms. The Balaban J connectivity index is 0.00000161. The monoisotopic (exact) mass is 341 g/mol. The van der Waals surface area contributed by atoms with Gasteiger partial charge in [-0.3, -0.25) is 0 Å². The first-order chi connectivity index (χ1) is 9.69. The number of hydrogen-bond donors (Lipinski definition) is 1. The molecule has 0 aromatic heterocycles. The highest BCUT2D eigenvalue weighted by atomic mass is 35.5. The molecule has 21 heavy (non-hydrogen) atoms. The first kappa shape index (κ1) is 16.6. The molecule has 2 aromatic carbocycles. The molecule has 0 spiro atoms. The third-order valence-corrected chi connectivity index (χ3v) is 4.92. The van der Waals surface area contributed by atoms with Gasteiger partial charge in [-0.15, -0.1) is 12.4 Å². The first-order valence-electron chi connectivity index (χ1n) is 6.89. The summed E-state index contributed by atoms with van der Waals surface area (Å²) in [6.45, 7) is 0. The Morgan fingerprint density at radius 2 is 1.81 bits per heavy atom. The maximum absolute atomic E-state index is 6.16. The number of rotatable bonds is 2. The van der Waals surface area contributed by atoms with E-state index in [-0.39, 0.29) is 12.4 Å². The van der Waals surface area contributed by atoms with Crippen molar-refractivity contribution >= 4 is 35.6 Å². The highest BCUT2D eigenvalue weighted by Gasteiger charge is 2.26. The first-order valence-corrected chi connectivity index (χ1v) is 7.64. The van der Waals surface area contributed by atoms with Crippen molar-refractivity contribution in [3.05, 3.63) is 69.2 Å². The van der Waals surface area contributed by atoms with E-state index in [0.717, 1.165) is 12.8 Å². The number of halogens is 3. The lowest BCUT2D eigenvalue weighted by atomic mass is 9.77. The number of nitrogens with one attached hydrogen (secondary N) is 1. The summed E-state index contributed by atoms with van der Waals surface area (Å²) in [6.07, 6.45) is 2.15. The summed E-state index contributed by atoms with van der Waals surface area (Å²) in [7, 11) is 2.03. The van der Waals surface area contributed by atoms with Crippen LogP contribution in [-0.2, 0) is 6.42 Å². The lowest BCUT2D eigenvalue weighted by Crippen LogP contribution is -2.25. The van der Waals surface area contributed by atoms with Gasteiger partial charge in [0, 0.05) is 6.04 Å². The molecule has 1 aliphatic carbocycles. The lowest BCUT2D eigenvalue weighted by Gasteiger charge is -2.32. The molecule has 1 N–H and O–H groups in total. The van der Waals surface area contributed by atoms with E-state index >= 15 is 0 Å². The summed E-state index contributed by atoms with van der Waals surface area (Å²) in [5.74, 6) is 0.483. The molecule has 0 heterocycles. The number of benzene rings is 2. The summed E-state index contributed by atoms with van der Waals surface area (Å²) < 4.78 is 0. The van der Waals surface area contributed by atoms with Crippen molar-refractivity contribution in [2.24, 2.45) is 0 Å². The highest BCUT2D eigenvalue weighted by Crippen LogP contribution is 2.39. The van der Waals surface area contributed by atoms with E-state index in [9.17, 15) is 0 Å². The van der Waals surface area contributed by atoms with Crippen LogP contribution in [0.5, 0.6) is 0 Å². The van der Waals surface area contributed by atoms with Gasteiger partial charge in [-0.05, 0) is 54.6 Å². The lowest BCUT2D eigenvalue weighted by molar-refractivity contribution is 0.449. The van der Waals surface area contributed by atoms with E-state index in [0.29, 0.717) is 22.0 Å². The predicted molar refractivity (Wildman–Crippen MR) is 93.0 cm³/mol. The maximum atomic E-state index is 6.16. The van der Waals surface area contributed by atoms with Gasteiger partial charge in [0.1, 0.15) is 0 Å². The van der Waals surface area contributed by atoms with Crippen LogP contribution < -0.4 is 5.32 Å². The van der Waals surface area contributed by atoms with E-state index < -0.39 is 0 Å². The van der Waals surface area contributed by atoms with Crippen LogP contribution in [0, 0.1) is 0 Å². The average molecular weight is 343 g/mol. The van der Waals surface area contributed by atoms with Crippen molar-refractivity contribution in [1.82, 2.24) is 5.32 Å². The molecule has 3 rings (SSSR count). The second-order valence-electron chi connectivity index (χ2n) is 5.35. The molecule has 2 aromatic rings. The molecule has 1 aliphatic rings. The van der Waals surface area contributed by atoms with Crippen LogP contribution in [0.4, 0.5) is 0 Å². The zero-order chi connectivity index (χ0) is 14.1. The second kappa shape index (κ2) is 7.02.